The molecule has 0 aromatic carbocycles. The summed E-state index contributed by atoms with van der Waals surface area (Å²) in [6.45, 7) is 8.88. The molecule has 0 radical (unpaired) electrons. The van der Waals surface area contributed by atoms with Crippen LogP contribution in [0.25, 0.3) is 0 Å². The van der Waals surface area contributed by atoms with E-state index >= 15 is 0 Å². The molecule has 0 atom stereocenters. The fourth-order valence-corrected chi connectivity index (χ4v) is 2.51. The van der Waals surface area contributed by atoms with Gasteiger partial charge in [-0.1, -0.05) is 27.7 Å². The van der Waals surface area contributed by atoms with Crippen LogP contribution in [0.5, 0.6) is 0 Å². The number of carbonyl (C=O) groups is 2. The minimum Gasteiger partial charge on any atom is -0.469 e. The van der Waals surface area contributed by atoms with Gasteiger partial charge in [0.25, 0.3) is 0 Å². The van der Waals surface area contributed by atoms with Crippen LogP contribution in [0.3, 0.4) is 0 Å². The van der Waals surface area contributed by atoms with Crippen LogP contribution in [0.4, 0.5) is 0 Å². The third-order valence-corrected chi connectivity index (χ3v) is 4.52. The zero-order valence-electron chi connectivity index (χ0n) is 11.7. The van der Waals surface area contributed by atoms with Crippen molar-refractivity contribution < 1.29 is 14.3 Å². The van der Waals surface area contributed by atoms with Crippen LogP contribution in [0.15, 0.2) is 0 Å². The van der Waals surface area contributed by atoms with Crippen molar-refractivity contribution in [1.82, 2.24) is 4.90 Å². The highest BCUT2D eigenvalue weighted by atomic mass is 16.5. The Bertz CT molecular complexity index is 320. The van der Waals surface area contributed by atoms with Gasteiger partial charge in [-0.05, 0) is 10.8 Å². The van der Waals surface area contributed by atoms with Crippen LogP contribution in [-0.2, 0) is 14.3 Å². The first-order valence-corrected chi connectivity index (χ1v) is 5.98. The van der Waals surface area contributed by atoms with Crippen molar-refractivity contribution in [2.45, 2.75) is 34.1 Å². The summed E-state index contributed by atoms with van der Waals surface area (Å²) >= 11 is 0. The lowest BCUT2D eigenvalue weighted by Gasteiger charge is -2.17. The maximum absolute atomic E-state index is 12.2. The Balaban J connectivity index is 2.53. The highest BCUT2D eigenvalue weighted by Gasteiger charge is 2.68. The van der Waals surface area contributed by atoms with Crippen LogP contribution >= 0.6 is 0 Å². The molecule has 0 bridgehead atoms. The van der Waals surface area contributed by atoms with E-state index in [1.165, 1.54) is 7.11 Å². The molecule has 0 aliphatic heterocycles. The Morgan fingerprint density at radius 1 is 1.18 bits per heavy atom. The number of ether oxygens (including phenoxy) is 1. The van der Waals surface area contributed by atoms with Crippen molar-refractivity contribution in [3.05, 3.63) is 0 Å². The monoisotopic (exact) mass is 241 g/mol. The molecule has 0 spiro atoms. The molecular formula is C13H23NO3. The summed E-state index contributed by atoms with van der Waals surface area (Å²) < 4.78 is 4.56. The molecule has 1 amide bonds. The molecule has 4 nitrogen and oxygen atoms in total. The van der Waals surface area contributed by atoms with Gasteiger partial charge in [-0.3, -0.25) is 9.59 Å². The van der Waals surface area contributed by atoms with Gasteiger partial charge in [-0.2, -0.15) is 0 Å². The molecular weight excluding hydrogens is 218 g/mol. The Labute approximate surface area is 103 Å². The van der Waals surface area contributed by atoms with Crippen molar-refractivity contribution >= 4 is 11.9 Å². The first-order chi connectivity index (χ1) is 7.66. The number of rotatable bonds is 4. The number of esters is 1. The third-order valence-electron chi connectivity index (χ3n) is 4.52. The average Bonchev–Trinajstić information content (AvgIpc) is 2.64. The smallest absolute Gasteiger partial charge is 0.307 e. The molecule has 0 N–H and O–H groups in total. The highest BCUT2D eigenvalue weighted by Crippen LogP contribution is 2.68. The van der Waals surface area contributed by atoms with Gasteiger partial charge < -0.3 is 9.64 Å². The lowest BCUT2D eigenvalue weighted by atomic mass is 10.0. The SMILES string of the molecule is COC(=O)CCN(C)C(=O)C1C(C)(C)C1(C)C. The van der Waals surface area contributed by atoms with E-state index in [9.17, 15) is 9.59 Å². The minimum atomic E-state index is -0.279. The summed E-state index contributed by atoms with van der Waals surface area (Å²) in [5.74, 6) is -0.0967. The second-order valence-electron chi connectivity index (χ2n) is 5.96. The summed E-state index contributed by atoms with van der Waals surface area (Å²) in [6.07, 6.45) is 0.256. The molecule has 1 aliphatic carbocycles. The van der Waals surface area contributed by atoms with E-state index in [4.69, 9.17) is 0 Å². The van der Waals surface area contributed by atoms with E-state index in [-0.39, 0.29) is 35.0 Å². The van der Waals surface area contributed by atoms with Gasteiger partial charge in [0.05, 0.1) is 13.5 Å². The van der Waals surface area contributed by atoms with Gasteiger partial charge in [0, 0.05) is 19.5 Å². The lowest BCUT2D eigenvalue weighted by molar-refractivity contribution is -0.141. The second kappa shape index (κ2) is 4.31. The Morgan fingerprint density at radius 3 is 2.00 bits per heavy atom. The maximum atomic E-state index is 12.2. The number of hydrogen-bond acceptors (Lipinski definition) is 3. The molecule has 0 aromatic heterocycles. The topological polar surface area (TPSA) is 46.6 Å². The van der Waals surface area contributed by atoms with E-state index in [1.807, 2.05) is 0 Å². The van der Waals surface area contributed by atoms with Crippen molar-refractivity contribution in [3.8, 4) is 0 Å². The molecule has 0 unspecified atom stereocenters. The Kier molecular flexibility index (Phi) is 3.55. The van der Waals surface area contributed by atoms with Crippen LogP contribution in [0, 0.1) is 16.7 Å². The third kappa shape index (κ3) is 2.31. The van der Waals surface area contributed by atoms with Crippen molar-refractivity contribution in [2.75, 3.05) is 20.7 Å². The fraction of sp³-hybridized carbons (Fsp3) is 0.846. The Morgan fingerprint density at radius 2 is 1.65 bits per heavy atom. The number of methoxy groups -OCH3 is 1. The van der Waals surface area contributed by atoms with Crippen LogP contribution in [-0.4, -0.2) is 37.5 Å². The van der Waals surface area contributed by atoms with E-state index in [1.54, 1.807) is 11.9 Å². The molecule has 1 fully saturated rings. The maximum Gasteiger partial charge on any atom is 0.307 e. The summed E-state index contributed by atoms with van der Waals surface area (Å²) in [5, 5.41) is 0. The minimum absolute atomic E-state index is 0.0452. The molecule has 1 rings (SSSR count). The van der Waals surface area contributed by atoms with Crippen LogP contribution < -0.4 is 0 Å². The standard InChI is InChI=1S/C13H23NO3/c1-12(2)10(13(12,3)4)11(16)14(5)8-7-9(15)17-6/h10H,7-8H2,1-6H3. The Hall–Kier alpha value is -1.06. The van der Waals surface area contributed by atoms with E-state index in [2.05, 4.69) is 32.4 Å². The quantitative estimate of drug-likeness (QED) is 0.704. The first-order valence-electron chi connectivity index (χ1n) is 5.98. The van der Waals surface area contributed by atoms with Gasteiger partial charge >= 0.3 is 5.97 Å². The summed E-state index contributed by atoms with van der Waals surface area (Å²) in [7, 11) is 3.10. The van der Waals surface area contributed by atoms with Crippen molar-refractivity contribution in [2.24, 2.45) is 16.7 Å². The molecule has 1 aliphatic rings. The first kappa shape index (κ1) is 14.0. The fourth-order valence-electron chi connectivity index (χ4n) is 2.51. The van der Waals surface area contributed by atoms with Gasteiger partial charge in [0.2, 0.25) is 5.91 Å². The molecule has 17 heavy (non-hydrogen) atoms. The summed E-state index contributed by atoms with van der Waals surface area (Å²) in [5.41, 5.74) is 0.0905. The molecule has 98 valence electrons. The molecule has 0 heterocycles. The van der Waals surface area contributed by atoms with E-state index < -0.39 is 0 Å². The highest BCUT2D eigenvalue weighted by molar-refractivity contribution is 5.84. The molecule has 1 saturated carbocycles. The largest absolute Gasteiger partial charge is 0.469 e. The zero-order valence-corrected chi connectivity index (χ0v) is 11.7. The molecule has 0 saturated heterocycles. The van der Waals surface area contributed by atoms with E-state index in [0.29, 0.717) is 6.54 Å². The number of carbonyl (C=O) groups excluding carboxylic acids is 2. The predicted molar refractivity (Wildman–Crippen MR) is 65.3 cm³/mol. The van der Waals surface area contributed by atoms with Gasteiger partial charge in [-0.25, -0.2) is 0 Å². The van der Waals surface area contributed by atoms with Gasteiger partial charge in [0.1, 0.15) is 0 Å². The lowest BCUT2D eigenvalue weighted by Crippen LogP contribution is -2.32. The van der Waals surface area contributed by atoms with Gasteiger partial charge in [-0.15, -0.1) is 0 Å². The molecule has 0 aromatic rings. The zero-order chi connectivity index (χ0) is 13.4. The van der Waals surface area contributed by atoms with Crippen molar-refractivity contribution in [3.63, 3.8) is 0 Å². The number of nitrogens with zero attached hydrogens (tertiary/aromatic N) is 1. The molecule has 4 heteroatoms. The summed E-state index contributed by atoms with van der Waals surface area (Å²) in [6, 6.07) is 0. The average molecular weight is 241 g/mol. The van der Waals surface area contributed by atoms with Crippen LogP contribution in [0.2, 0.25) is 0 Å². The normalized spacial score (nSPS) is 20.8. The van der Waals surface area contributed by atoms with Crippen LogP contribution in [0.1, 0.15) is 34.1 Å². The second-order valence-corrected chi connectivity index (χ2v) is 5.96. The van der Waals surface area contributed by atoms with Gasteiger partial charge in [0.15, 0.2) is 0 Å². The number of amides is 1. The summed E-state index contributed by atoms with van der Waals surface area (Å²) in [4.78, 5) is 24.9. The number of hydrogen-bond donors (Lipinski definition) is 0. The predicted octanol–water partition coefficient (Wildman–Crippen LogP) is 1.69. The van der Waals surface area contributed by atoms with E-state index in [0.717, 1.165) is 0 Å². The van der Waals surface area contributed by atoms with Crippen molar-refractivity contribution in [1.29, 1.82) is 0 Å².